The first-order valence-corrected chi connectivity index (χ1v) is 5.86. The van der Waals surface area contributed by atoms with E-state index < -0.39 is 6.10 Å². The van der Waals surface area contributed by atoms with E-state index in [1.54, 1.807) is 12.1 Å². The van der Waals surface area contributed by atoms with Gasteiger partial charge in [0.1, 0.15) is 5.75 Å². The number of phenolic OH excluding ortho intramolecular Hbond substituents is 1. The minimum Gasteiger partial charge on any atom is -0.506 e. The van der Waals surface area contributed by atoms with Gasteiger partial charge in [-0.1, -0.05) is 6.07 Å². The van der Waals surface area contributed by atoms with Crippen molar-refractivity contribution < 1.29 is 15.0 Å². The molecule has 3 N–H and O–H groups in total. The molecule has 0 saturated heterocycles. The standard InChI is InChI=1S/C13H17NO3/c1-8-5-6-10(12(16)7-8)14-13(17)9-3-2-4-11(9)15/h5-7,9,11,15-16H,2-4H2,1H3,(H,14,17). The summed E-state index contributed by atoms with van der Waals surface area (Å²) in [6, 6.07) is 5.09. The zero-order valence-electron chi connectivity index (χ0n) is 9.81. The van der Waals surface area contributed by atoms with Crippen molar-refractivity contribution >= 4 is 11.6 Å². The number of nitrogens with one attached hydrogen (secondary N) is 1. The van der Waals surface area contributed by atoms with Crippen LogP contribution in [-0.4, -0.2) is 22.2 Å². The number of aromatic hydroxyl groups is 1. The maximum absolute atomic E-state index is 11.9. The highest BCUT2D eigenvalue weighted by atomic mass is 16.3. The van der Waals surface area contributed by atoms with Crippen LogP contribution >= 0.6 is 0 Å². The van der Waals surface area contributed by atoms with E-state index in [2.05, 4.69) is 5.32 Å². The molecule has 1 fully saturated rings. The minimum atomic E-state index is -0.553. The first-order chi connectivity index (χ1) is 8.08. The van der Waals surface area contributed by atoms with Crippen molar-refractivity contribution in [1.29, 1.82) is 0 Å². The van der Waals surface area contributed by atoms with Gasteiger partial charge in [0.2, 0.25) is 5.91 Å². The van der Waals surface area contributed by atoms with E-state index in [1.807, 2.05) is 13.0 Å². The molecule has 92 valence electrons. The first kappa shape index (κ1) is 11.9. The van der Waals surface area contributed by atoms with Gasteiger partial charge in [-0.25, -0.2) is 0 Å². The van der Waals surface area contributed by atoms with Crippen molar-refractivity contribution in [2.24, 2.45) is 5.92 Å². The van der Waals surface area contributed by atoms with Crippen molar-refractivity contribution in [2.45, 2.75) is 32.3 Å². The molecular formula is C13H17NO3. The number of rotatable bonds is 2. The normalized spacial score (nSPS) is 23.6. The zero-order chi connectivity index (χ0) is 12.4. The van der Waals surface area contributed by atoms with Gasteiger partial charge in [0, 0.05) is 0 Å². The monoisotopic (exact) mass is 235 g/mol. The summed E-state index contributed by atoms with van der Waals surface area (Å²) in [7, 11) is 0. The molecule has 0 spiro atoms. The van der Waals surface area contributed by atoms with E-state index in [9.17, 15) is 15.0 Å². The fraction of sp³-hybridized carbons (Fsp3) is 0.462. The average molecular weight is 235 g/mol. The van der Waals surface area contributed by atoms with Crippen molar-refractivity contribution in [1.82, 2.24) is 0 Å². The molecule has 0 bridgehead atoms. The molecule has 4 nitrogen and oxygen atoms in total. The van der Waals surface area contributed by atoms with Gasteiger partial charge >= 0.3 is 0 Å². The molecule has 0 aliphatic heterocycles. The van der Waals surface area contributed by atoms with Gasteiger partial charge in [-0.05, 0) is 43.9 Å². The van der Waals surface area contributed by atoms with Crippen LogP contribution in [-0.2, 0) is 4.79 Å². The molecule has 1 aromatic rings. The van der Waals surface area contributed by atoms with Crippen LogP contribution in [0.3, 0.4) is 0 Å². The van der Waals surface area contributed by atoms with Gasteiger partial charge in [-0.15, -0.1) is 0 Å². The second-order valence-corrected chi connectivity index (χ2v) is 4.61. The summed E-state index contributed by atoms with van der Waals surface area (Å²) in [5.74, 6) is -0.504. The van der Waals surface area contributed by atoms with Crippen molar-refractivity contribution in [3.8, 4) is 5.75 Å². The average Bonchev–Trinajstić information content (AvgIpc) is 2.68. The van der Waals surface area contributed by atoms with Crippen LogP contribution in [0.1, 0.15) is 24.8 Å². The molecule has 0 aromatic heterocycles. The lowest BCUT2D eigenvalue weighted by atomic mass is 10.1. The Balaban J connectivity index is 2.07. The Morgan fingerprint density at radius 1 is 1.41 bits per heavy atom. The molecule has 1 amide bonds. The minimum absolute atomic E-state index is 0.0610. The van der Waals surface area contributed by atoms with Crippen LogP contribution < -0.4 is 5.32 Å². The van der Waals surface area contributed by atoms with E-state index >= 15 is 0 Å². The summed E-state index contributed by atoms with van der Waals surface area (Å²) >= 11 is 0. The number of anilines is 1. The van der Waals surface area contributed by atoms with Gasteiger partial charge in [-0.3, -0.25) is 4.79 Å². The Kier molecular flexibility index (Phi) is 3.33. The number of carbonyl (C=O) groups excluding carboxylic acids is 1. The third-order valence-electron chi connectivity index (χ3n) is 3.23. The van der Waals surface area contributed by atoms with E-state index in [0.717, 1.165) is 12.0 Å². The van der Waals surface area contributed by atoms with Gasteiger partial charge in [0.25, 0.3) is 0 Å². The molecule has 2 unspecified atom stereocenters. The van der Waals surface area contributed by atoms with E-state index in [4.69, 9.17) is 0 Å². The number of aliphatic hydroxyl groups is 1. The Hall–Kier alpha value is -1.55. The lowest BCUT2D eigenvalue weighted by Crippen LogP contribution is -2.28. The molecule has 1 aliphatic rings. The Morgan fingerprint density at radius 3 is 2.76 bits per heavy atom. The summed E-state index contributed by atoms with van der Waals surface area (Å²) in [4.78, 5) is 11.9. The van der Waals surface area contributed by atoms with Crippen molar-refractivity contribution in [2.75, 3.05) is 5.32 Å². The lowest BCUT2D eigenvalue weighted by molar-refractivity contribution is -0.122. The summed E-state index contributed by atoms with van der Waals surface area (Å²) in [6.07, 6.45) is 1.71. The third kappa shape index (κ3) is 2.58. The van der Waals surface area contributed by atoms with Gasteiger partial charge in [0.15, 0.2) is 0 Å². The second kappa shape index (κ2) is 4.75. The predicted molar refractivity (Wildman–Crippen MR) is 64.8 cm³/mol. The van der Waals surface area contributed by atoms with Gasteiger partial charge < -0.3 is 15.5 Å². The second-order valence-electron chi connectivity index (χ2n) is 4.61. The molecule has 17 heavy (non-hydrogen) atoms. The van der Waals surface area contributed by atoms with Crippen LogP contribution in [0.4, 0.5) is 5.69 Å². The number of carbonyl (C=O) groups is 1. The van der Waals surface area contributed by atoms with Crippen LogP contribution in [0, 0.1) is 12.8 Å². The maximum Gasteiger partial charge on any atom is 0.230 e. The lowest BCUT2D eigenvalue weighted by Gasteiger charge is -2.15. The fourth-order valence-corrected chi connectivity index (χ4v) is 2.22. The van der Waals surface area contributed by atoms with Crippen LogP contribution in [0.25, 0.3) is 0 Å². The smallest absolute Gasteiger partial charge is 0.230 e. The highest BCUT2D eigenvalue weighted by molar-refractivity contribution is 5.94. The van der Waals surface area contributed by atoms with Gasteiger partial charge in [-0.2, -0.15) is 0 Å². The number of hydrogen-bond acceptors (Lipinski definition) is 3. The number of amides is 1. The van der Waals surface area contributed by atoms with E-state index in [1.165, 1.54) is 0 Å². The number of phenols is 1. The highest BCUT2D eigenvalue weighted by Crippen LogP contribution is 2.29. The predicted octanol–water partition coefficient (Wildman–Crippen LogP) is 1.80. The van der Waals surface area contributed by atoms with Crippen molar-refractivity contribution in [3.05, 3.63) is 23.8 Å². The fourth-order valence-electron chi connectivity index (χ4n) is 2.22. The molecular weight excluding hydrogens is 218 g/mol. The number of benzene rings is 1. The largest absolute Gasteiger partial charge is 0.506 e. The summed E-state index contributed by atoms with van der Waals surface area (Å²) in [6.45, 7) is 1.87. The quantitative estimate of drug-likeness (QED) is 0.684. The molecule has 0 heterocycles. The van der Waals surface area contributed by atoms with E-state index in [0.29, 0.717) is 18.5 Å². The Labute approximate surface area is 100 Å². The molecule has 1 aromatic carbocycles. The summed E-state index contributed by atoms with van der Waals surface area (Å²) in [5.41, 5.74) is 1.33. The highest BCUT2D eigenvalue weighted by Gasteiger charge is 2.31. The number of aliphatic hydroxyl groups excluding tert-OH is 1. The number of aryl methyl sites for hydroxylation is 1. The number of hydrogen-bond donors (Lipinski definition) is 3. The molecule has 1 saturated carbocycles. The SMILES string of the molecule is Cc1ccc(NC(=O)C2CCCC2O)c(O)c1. The topological polar surface area (TPSA) is 69.6 Å². The molecule has 1 aliphatic carbocycles. The molecule has 2 rings (SSSR count). The van der Waals surface area contributed by atoms with Crippen molar-refractivity contribution in [3.63, 3.8) is 0 Å². The third-order valence-corrected chi connectivity index (χ3v) is 3.23. The van der Waals surface area contributed by atoms with Crippen LogP contribution in [0.15, 0.2) is 18.2 Å². The summed E-state index contributed by atoms with van der Waals surface area (Å²) in [5, 5.41) is 22.0. The van der Waals surface area contributed by atoms with E-state index in [-0.39, 0.29) is 17.6 Å². The van der Waals surface area contributed by atoms with Crippen LogP contribution in [0.5, 0.6) is 5.75 Å². The van der Waals surface area contributed by atoms with Gasteiger partial charge in [0.05, 0.1) is 17.7 Å². The molecule has 0 radical (unpaired) electrons. The maximum atomic E-state index is 11.9. The molecule has 2 atom stereocenters. The summed E-state index contributed by atoms with van der Waals surface area (Å²) < 4.78 is 0. The Morgan fingerprint density at radius 2 is 2.18 bits per heavy atom. The Bertz CT molecular complexity index is 431. The molecule has 4 heteroatoms. The first-order valence-electron chi connectivity index (χ1n) is 5.86. The zero-order valence-corrected chi connectivity index (χ0v) is 9.81. The van der Waals surface area contributed by atoms with Crippen LogP contribution in [0.2, 0.25) is 0 Å².